The molecule has 132 valence electrons. The molecule has 6 nitrogen and oxygen atoms in total. The smallest absolute Gasteiger partial charge is 0.335 e. The normalized spacial score (nSPS) is 10.4. The largest absolute Gasteiger partial charge is 0.495 e. The standard InChI is InChI=1S/C19H21NO5/c1-12(2)11-25-15-7-4-13(5-8-15)18(21)20-16-9-6-14(19(22)23)10-17(16)24-3/h4-10,12H,11H2,1-3H3,(H,20,21)(H,22,23). The number of benzene rings is 2. The zero-order chi connectivity index (χ0) is 18.4. The van der Waals surface area contributed by atoms with E-state index in [1.54, 1.807) is 24.3 Å². The number of aromatic carboxylic acids is 1. The third-order valence-corrected chi connectivity index (χ3v) is 3.40. The van der Waals surface area contributed by atoms with Crippen LogP contribution >= 0.6 is 0 Å². The highest BCUT2D eigenvalue weighted by Crippen LogP contribution is 2.26. The first kappa shape index (κ1) is 18.3. The summed E-state index contributed by atoms with van der Waals surface area (Å²) in [5, 5.41) is 11.7. The van der Waals surface area contributed by atoms with Gasteiger partial charge < -0.3 is 19.9 Å². The van der Waals surface area contributed by atoms with E-state index in [-0.39, 0.29) is 17.2 Å². The summed E-state index contributed by atoms with van der Waals surface area (Å²) < 4.78 is 10.7. The Morgan fingerprint density at radius 3 is 2.28 bits per heavy atom. The van der Waals surface area contributed by atoms with Crippen LogP contribution in [0.5, 0.6) is 11.5 Å². The van der Waals surface area contributed by atoms with Gasteiger partial charge in [0.05, 0.1) is 25.0 Å². The first-order chi connectivity index (χ1) is 11.9. The van der Waals surface area contributed by atoms with E-state index in [0.29, 0.717) is 29.5 Å². The van der Waals surface area contributed by atoms with E-state index in [9.17, 15) is 9.59 Å². The summed E-state index contributed by atoms with van der Waals surface area (Å²) in [6.07, 6.45) is 0. The highest BCUT2D eigenvalue weighted by atomic mass is 16.5. The lowest BCUT2D eigenvalue weighted by molar-refractivity contribution is 0.0696. The van der Waals surface area contributed by atoms with Crippen LogP contribution in [0.3, 0.4) is 0 Å². The number of amides is 1. The van der Waals surface area contributed by atoms with Crippen molar-refractivity contribution in [2.75, 3.05) is 19.0 Å². The van der Waals surface area contributed by atoms with E-state index in [4.69, 9.17) is 14.6 Å². The van der Waals surface area contributed by atoms with Gasteiger partial charge in [-0.1, -0.05) is 13.8 Å². The van der Waals surface area contributed by atoms with E-state index in [1.807, 2.05) is 0 Å². The fraction of sp³-hybridized carbons (Fsp3) is 0.263. The van der Waals surface area contributed by atoms with Crippen LogP contribution in [-0.4, -0.2) is 30.7 Å². The number of hydrogen-bond acceptors (Lipinski definition) is 4. The van der Waals surface area contributed by atoms with Crippen LogP contribution in [-0.2, 0) is 0 Å². The van der Waals surface area contributed by atoms with E-state index in [2.05, 4.69) is 19.2 Å². The second-order valence-electron chi connectivity index (χ2n) is 5.90. The molecule has 0 fully saturated rings. The van der Waals surface area contributed by atoms with E-state index < -0.39 is 5.97 Å². The molecule has 0 heterocycles. The number of hydrogen-bond donors (Lipinski definition) is 2. The molecule has 0 saturated carbocycles. The zero-order valence-corrected chi connectivity index (χ0v) is 14.4. The Labute approximate surface area is 146 Å². The minimum Gasteiger partial charge on any atom is -0.495 e. The number of anilines is 1. The maximum absolute atomic E-state index is 12.4. The first-order valence-corrected chi connectivity index (χ1v) is 7.86. The number of carboxylic acids is 1. The lowest BCUT2D eigenvalue weighted by Gasteiger charge is -2.12. The number of methoxy groups -OCH3 is 1. The Bertz CT molecular complexity index is 753. The Morgan fingerprint density at radius 1 is 1.08 bits per heavy atom. The SMILES string of the molecule is COc1cc(C(=O)O)ccc1NC(=O)c1ccc(OCC(C)C)cc1. The Kier molecular flexibility index (Phi) is 6.00. The van der Waals surface area contributed by atoms with Gasteiger partial charge in [0.15, 0.2) is 0 Å². The third kappa shape index (κ3) is 4.97. The number of carbonyl (C=O) groups is 2. The average molecular weight is 343 g/mol. The van der Waals surface area contributed by atoms with Crippen molar-refractivity contribution < 1.29 is 24.2 Å². The number of rotatable bonds is 7. The maximum Gasteiger partial charge on any atom is 0.335 e. The molecule has 0 unspecified atom stereocenters. The van der Waals surface area contributed by atoms with Crippen LogP contribution < -0.4 is 14.8 Å². The first-order valence-electron chi connectivity index (χ1n) is 7.86. The molecule has 0 aromatic heterocycles. The van der Waals surface area contributed by atoms with Crippen molar-refractivity contribution in [2.24, 2.45) is 5.92 Å². The highest BCUT2D eigenvalue weighted by Gasteiger charge is 2.13. The van der Waals surface area contributed by atoms with Crippen molar-refractivity contribution in [2.45, 2.75) is 13.8 Å². The minimum atomic E-state index is -1.06. The van der Waals surface area contributed by atoms with Gasteiger partial charge in [-0.25, -0.2) is 4.79 Å². The van der Waals surface area contributed by atoms with E-state index >= 15 is 0 Å². The molecule has 0 atom stereocenters. The van der Waals surface area contributed by atoms with Gasteiger partial charge in [-0.15, -0.1) is 0 Å². The molecule has 2 N–H and O–H groups in total. The summed E-state index contributed by atoms with van der Waals surface area (Å²) in [6.45, 7) is 4.73. The fourth-order valence-corrected chi connectivity index (χ4v) is 2.09. The summed E-state index contributed by atoms with van der Waals surface area (Å²) in [6, 6.07) is 11.1. The summed E-state index contributed by atoms with van der Waals surface area (Å²) in [5.74, 6) is 0.0212. The van der Waals surface area contributed by atoms with Crippen molar-refractivity contribution in [1.29, 1.82) is 0 Å². The maximum atomic E-state index is 12.4. The van der Waals surface area contributed by atoms with Gasteiger partial charge in [0.25, 0.3) is 5.91 Å². The average Bonchev–Trinajstić information content (AvgIpc) is 2.60. The predicted molar refractivity (Wildman–Crippen MR) is 94.7 cm³/mol. The molecule has 1 amide bonds. The van der Waals surface area contributed by atoms with E-state index in [0.717, 1.165) is 0 Å². The molecule has 0 bridgehead atoms. The van der Waals surface area contributed by atoms with Gasteiger partial charge >= 0.3 is 5.97 Å². The molecule has 6 heteroatoms. The van der Waals surface area contributed by atoms with Crippen LogP contribution in [0.15, 0.2) is 42.5 Å². The molecule has 0 aliphatic heterocycles. The van der Waals surface area contributed by atoms with Crippen LogP contribution in [0.2, 0.25) is 0 Å². The van der Waals surface area contributed by atoms with E-state index in [1.165, 1.54) is 25.3 Å². The number of nitrogens with one attached hydrogen (secondary N) is 1. The minimum absolute atomic E-state index is 0.0847. The number of carboxylic acid groups (broad SMARTS) is 1. The van der Waals surface area contributed by atoms with Crippen molar-refractivity contribution >= 4 is 17.6 Å². The molecule has 0 aliphatic rings. The molecule has 0 spiro atoms. The van der Waals surface area contributed by atoms with Gasteiger partial charge in [-0.3, -0.25) is 4.79 Å². The van der Waals surface area contributed by atoms with Crippen molar-refractivity contribution in [1.82, 2.24) is 0 Å². The molecule has 2 aromatic rings. The van der Waals surface area contributed by atoms with Crippen molar-refractivity contribution in [3.05, 3.63) is 53.6 Å². The second kappa shape index (κ2) is 8.19. The predicted octanol–water partition coefficient (Wildman–Crippen LogP) is 3.68. The molecule has 0 radical (unpaired) electrons. The number of carbonyl (C=O) groups excluding carboxylic acids is 1. The Hall–Kier alpha value is -3.02. The molecule has 2 rings (SSSR count). The van der Waals surface area contributed by atoms with Gasteiger partial charge in [-0.2, -0.15) is 0 Å². The zero-order valence-electron chi connectivity index (χ0n) is 14.4. The Balaban J connectivity index is 2.10. The Morgan fingerprint density at radius 2 is 1.72 bits per heavy atom. The van der Waals surface area contributed by atoms with Crippen LogP contribution in [0.25, 0.3) is 0 Å². The molecule has 0 aliphatic carbocycles. The quantitative estimate of drug-likeness (QED) is 0.801. The van der Waals surface area contributed by atoms with Crippen LogP contribution in [0.1, 0.15) is 34.6 Å². The third-order valence-electron chi connectivity index (χ3n) is 3.40. The van der Waals surface area contributed by atoms with Gasteiger partial charge in [0, 0.05) is 5.56 Å². The fourth-order valence-electron chi connectivity index (χ4n) is 2.09. The molecular formula is C19H21NO5. The van der Waals surface area contributed by atoms with Crippen LogP contribution in [0.4, 0.5) is 5.69 Å². The summed E-state index contributed by atoms with van der Waals surface area (Å²) in [7, 11) is 1.41. The van der Waals surface area contributed by atoms with Crippen molar-refractivity contribution in [3.8, 4) is 11.5 Å². The number of ether oxygens (including phenoxy) is 2. The summed E-state index contributed by atoms with van der Waals surface area (Å²) in [5.41, 5.74) is 0.945. The van der Waals surface area contributed by atoms with Crippen molar-refractivity contribution in [3.63, 3.8) is 0 Å². The topological polar surface area (TPSA) is 84.9 Å². The highest BCUT2D eigenvalue weighted by molar-refractivity contribution is 6.05. The van der Waals surface area contributed by atoms with Gasteiger partial charge in [-0.05, 0) is 48.4 Å². The van der Waals surface area contributed by atoms with Gasteiger partial charge in [0.1, 0.15) is 11.5 Å². The van der Waals surface area contributed by atoms with Gasteiger partial charge in [0.2, 0.25) is 0 Å². The lowest BCUT2D eigenvalue weighted by Crippen LogP contribution is -2.13. The monoisotopic (exact) mass is 343 g/mol. The molecule has 25 heavy (non-hydrogen) atoms. The second-order valence-corrected chi connectivity index (χ2v) is 5.90. The summed E-state index contributed by atoms with van der Waals surface area (Å²) in [4.78, 5) is 23.4. The summed E-state index contributed by atoms with van der Waals surface area (Å²) >= 11 is 0. The van der Waals surface area contributed by atoms with Crippen LogP contribution in [0, 0.1) is 5.92 Å². The molecule has 0 saturated heterocycles. The lowest BCUT2D eigenvalue weighted by atomic mass is 10.1. The molecule has 2 aromatic carbocycles. The molecular weight excluding hydrogens is 322 g/mol.